The molecule has 1 aliphatic heterocycles. The van der Waals surface area contributed by atoms with Crippen LogP contribution < -0.4 is 15.4 Å². The van der Waals surface area contributed by atoms with Crippen LogP contribution in [0, 0.1) is 0 Å². The quantitative estimate of drug-likeness (QED) is 0.940. The van der Waals surface area contributed by atoms with Crippen molar-refractivity contribution in [3.05, 3.63) is 58.6 Å². The zero-order valence-corrected chi connectivity index (χ0v) is 12.8. The summed E-state index contributed by atoms with van der Waals surface area (Å²) in [6.07, 6.45) is 1.05. The van der Waals surface area contributed by atoms with Gasteiger partial charge in [-0.15, -0.1) is 0 Å². The normalized spacial score (nSPS) is 14.9. The zero-order chi connectivity index (χ0) is 14.8. The van der Waals surface area contributed by atoms with Crippen LogP contribution in [-0.2, 0) is 6.42 Å². The topological polar surface area (TPSA) is 38.5 Å². The Morgan fingerprint density at radius 2 is 2.10 bits per heavy atom. The Morgan fingerprint density at radius 3 is 2.86 bits per heavy atom. The summed E-state index contributed by atoms with van der Waals surface area (Å²) in [6, 6.07) is 14.3. The molecule has 4 heteroatoms. The lowest BCUT2D eigenvalue weighted by atomic mass is 10.0. The predicted molar refractivity (Wildman–Crippen MR) is 87.3 cm³/mol. The highest BCUT2D eigenvalue weighted by molar-refractivity contribution is 6.30. The number of benzene rings is 2. The fourth-order valence-electron chi connectivity index (χ4n) is 3.08. The van der Waals surface area contributed by atoms with E-state index in [1.165, 1.54) is 11.3 Å². The number of rotatable bonds is 4. The van der Waals surface area contributed by atoms with E-state index in [9.17, 15) is 0 Å². The Labute approximate surface area is 130 Å². The van der Waals surface area contributed by atoms with Gasteiger partial charge in [0, 0.05) is 29.4 Å². The zero-order valence-electron chi connectivity index (χ0n) is 12.1. The summed E-state index contributed by atoms with van der Waals surface area (Å²) in [6.45, 7) is 1.49. The average molecular weight is 303 g/mol. The first-order chi connectivity index (χ1) is 10.2. The number of nitrogens with two attached hydrogens (primary N) is 1. The van der Waals surface area contributed by atoms with Gasteiger partial charge in [-0.2, -0.15) is 0 Å². The second kappa shape index (κ2) is 5.96. The molecule has 0 aromatic heterocycles. The highest BCUT2D eigenvalue weighted by Gasteiger charge is 2.28. The Bertz CT molecular complexity index is 644. The SMILES string of the molecule is COc1ccc(Cl)cc1C(CN)N1CCc2ccccc21. The molecule has 2 aromatic carbocycles. The minimum absolute atomic E-state index is 0.0716. The first-order valence-corrected chi connectivity index (χ1v) is 7.50. The van der Waals surface area contributed by atoms with Crippen molar-refractivity contribution in [2.45, 2.75) is 12.5 Å². The highest BCUT2D eigenvalue weighted by atomic mass is 35.5. The van der Waals surface area contributed by atoms with Crippen LogP contribution in [0.5, 0.6) is 5.75 Å². The predicted octanol–water partition coefficient (Wildman–Crippen LogP) is 3.41. The molecule has 1 unspecified atom stereocenters. The molecule has 2 N–H and O–H groups in total. The van der Waals surface area contributed by atoms with Crippen LogP contribution in [-0.4, -0.2) is 20.2 Å². The number of hydrogen-bond donors (Lipinski definition) is 1. The van der Waals surface area contributed by atoms with Gasteiger partial charge >= 0.3 is 0 Å². The van der Waals surface area contributed by atoms with E-state index in [4.69, 9.17) is 22.1 Å². The summed E-state index contributed by atoms with van der Waals surface area (Å²) in [5.74, 6) is 0.833. The van der Waals surface area contributed by atoms with Gasteiger partial charge in [-0.25, -0.2) is 0 Å². The summed E-state index contributed by atoms with van der Waals surface area (Å²) in [4.78, 5) is 2.35. The number of methoxy groups -OCH3 is 1. The molecule has 0 saturated heterocycles. The lowest BCUT2D eigenvalue weighted by Crippen LogP contribution is -2.32. The van der Waals surface area contributed by atoms with Gasteiger partial charge in [0.1, 0.15) is 5.75 Å². The van der Waals surface area contributed by atoms with Crippen molar-refractivity contribution in [2.75, 3.05) is 25.1 Å². The lowest BCUT2D eigenvalue weighted by Gasteiger charge is -2.31. The van der Waals surface area contributed by atoms with Gasteiger partial charge in [-0.1, -0.05) is 29.8 Å². The minimum atomic E-state index is 0.0716. The maximum atomic E-state index is 6.17. The van der Waals surface area contributed by atoms with Gasteiger partial charge in [0.25, 0.3) is 0 Å². The molecular formula is C17H19ClN2O. The van der Waals surface area contributed by atoms with E-state index in [0.717, 1.165) is 24.3 Å². The third-order valence-electron chi connectivity index (χ3n) is 4.07. The first kappa shape index (κ1) is 14.2. The van der Waals surface area contributed by atoms with E-state index in [1.807, 2.05) is 18.2 Å². The van der Waals surface area contributed by atoms with Gasteiger partial charge < -0.3 is 15.4 Å². The fraction of sp³-hybridized carbons (Fsp3) is 0.294. The molecular weight excluding hydrogens is 284 g/mol. The van der Waals surface area contributed by atoms with Gasteiger partial charge in [0.05, 0.1) is 13.2 Å². The third-order valence-corrected chi connectivity index (χ3v) is 4.31. The Balaban J connectivity index is 2.02. The number of hydrogen-bond acceptors (Lipinski definition) is 3. The van der Waals surface area contributed by atoms with Crippen molar-refractivity contribution in [2.24, 2.45) is 5.73 Å². The first-order valence-electron chi connectivity index (χ1n) is 7.12. The number of anilines is 1. The second-order valence-corrected chi connectivity index (χ2v) is 5.65. The largest absolute Gasteiger partial charge is 0.496 e. The molecule has 2 aromatic rings. The second-order valence-electron chi connectivity index (χ2n) is 5.21. The summed E-state index contributed by atoms with van der Waals surface area (Å²) >= 11 is 6.17. The van der Waals surface area contributed by atoms with Crippen molar-refractivity contribution in [3.63, 3.8) is 0 Å². The summed E-state index contributed by atoms with van der Waals surface area (Å²) in [7, 11) is 1.68. The number of fused-ring (bicyclic) bond motifs is 1. The van der Waals surface area contributed by atoms with Gasteiger partial charge in [-0.05, 0) is 36.2 Å². The number of halogens is 1. The maximum Gasteiger partial charge on any atom is 0.124 e. The van der Waals surface area contributed by atoms with E-state index >= 15 is 0 Å². The molecule has 1 aliphatic rings. The van der Waals surface area contributed by atoms with E-state index in [2.05, 4.69) is 29.2 Å². The van der Waals surface area contributed by atoms with Crippen LogP contribution in [0.25, 0.3) is 0 Å². The number of nitrogens with zero attached hydrogens (tertiary/aromatic N) is 1. The van der Waals surface area contributed by atoms with E-state index in [1.54, 1.807) is 7.11 Å². The Morgan fingerprint density at radius 1 is 1.29 bits per heavy atom. The van der Waals surface area contributed by atoms with E-state index < -0.39 is 0 Å². The molecule has 3 nitrogen and oxygen atoms in total. The van der Waals surface area contributed by atoms with E-state index in [-0.39, 0.29) is 6.04 Å². The lowest BCUT2D eigenvalue weighted by molar-refractivity contribution is 0.404. The van der Waals surface area contributed by atoms with Gasteiger partial charge in [0.2, 0.25) is 0 Å². The van der Waals surface area contributed by atoms with Crippen molar-refractivity contribution in [3.8, 4) is 5.75 Å². The van der Waals surface area contributed by atoms with Crippen LogP contribution in [0.15, 0.2) is 42.5 Å². The van der Waals surface area contributed by atoms with Crippen molar-refractivity contribution >= 4 is 17.3 Å². The van der Waals surface area contributed by atoms with Crippen LogP contribution in [0.1, 0.15) is 17.2 Å². The van der Waals surface area contributed by atoms with Crippen LogP contribution in [0.2, 0.25) is 5.02 Å². The van der Waals surface area contributed by atoms with Crippen molar-refractivity contribution in [1.82, 2.24) is 0 Å². The molecule has 110 valence electrons. The molecule has 0 spiro atoms. The molecule has 3 rings (SSSR count). The van der Waals surface area contributed by atoms with Crippen LogP contribution in [0.3, 0.4) is 0 Å². The molecule has 0 radical (unpaired) electrons. The smallest absolute Gasteiger partial charge is 0.124 e. The van der Waals surface area contributed by atoms with Crippen LogP contribution in [0.4, 0.5) is 5.69 Å². The highest BCUT2D eigenvalue weighted by Crippen LogP contribution is 2.38. The number of ether oxygens (including phenoxy) is 1. The molecule has 0 fully saturated rings. The Hall–Kier alpha value is -1.71. The summed E-state index contributed by atoms with van der Waals surface area (Å²) in [5.41, 5.74) is 9.75. The van der Waals surface area contributed by atoms with Crippen LogP contribution >= 0.6 is 11.6 Å². The molecule has 1 atom stereocenters. The van der Waals surface area contributed by atoms with Crippen molar-refractivity contribution in [1.29, 1.82) is 0 Å². The maximum absolute atomic E-state index is 6.17. The Kier molecular flexibility index (Phi) is 4.04. The third kappa shape index (κ3) is 2.59. The summed E-state index contributed by atoms with van der Waals surface area (Å²) < 4.78 is 5.49. The standard InChI is InChI=1S/C17H19ClN2O/c1-21-17-7-6-13(18)10-14(17)16(11-19)20-9-8-12-4-2-3-5-15(12)20/h2-7,10,16H,8-9,11,19H2,1H3. The van der Waals surface area contributed by atoms with Gasteiger partial charge in [-0.3, -0.25) is 0 Å². The molecule has 0 saturated carbocycles. The molecule has 21 heavy (non-hydrogen) atoms. The monoisotopic (exact) mass is 302 g/mol. The molecule has 0 aliphatic carbocycles. The molecule has 1 heterocycles. The summed E-state index contributed by atoms with van der Waals surface area (Å²) in [5, 5.41) is 0.705. The average Bonchev–Trinajstić information content (AvgIpc) is 2.93. The molecule has 0 bridgehead atoms. The van der Waals surface area contributed by atoms with E-state index in [0.29, 0.717) is 11.6 Å². The van der Waals surface area contributed by atoms with Crippen molar-refractivity contribution < 1.29 is 4.74 Å². The van der Waals surface area contributed by atoms with Gasteiger partial charge in [0.15, 0.2) is 0 Å². The number of para-hydroxylation sites is 1. The fourth-order valence-corrected chi connectivity index (χ4v) is 3.26. The molecule has 0 amide bonds. The minimum Gasteiger partial charge on any atom is -0.496 e.